The van der Waals surface area contributed by atoms with Gasteiger partial charge in [-0.2, -0.15) is 0 Å². The van der Waals surface area contributed by atoms with Crippen molar-refractivity contribution < 1.29 is 0 Å². The van der Waals surface area contributed by atoms with E-state index in [4.69, 9.17) is 0 Å². The molecule has 1 heterocycles. The molecule has 1 aromatic heterocycles. The van der Waals surface area contributed by atoms with Crippen LogP contribution in [-0.4, -0.2) is 11.0 Å². The predicted molar refractivity (Wildman–Crippen MR) is 65.1 cm³/mol. The van der Waals surface area contributed by atoms with E-state index in [9.17, 15) is 0 Å². The summed E-state index contributed by atoms with van der Waals surface area (Å²) in [6.45, 7) is 4.52. The minimum atomic E-state index is 0.422. The van der Waals surface area contributed by atoms with Gasteiger partial charge in [0.15, 0.2) is 0 Å². The average Bonchev–Trinajstić information content (AvgIpc) is 2.87. The van der Waals surface area contributed by atoms with Crippen LogP contribution in [0, 0.1) is 5.92 Å². The molecule has 2 rings (SSSR count). The fourth-order valence-corrected chi connectivity index (χ4v) is 3.13. The molecule has 0 saturated heterocycles. The molecule has 0 bridgehead atoms. The maximum Gasteiger partial charge on any atom is 0.109 e. The highest BCUT2D eigenvalue weighted by molar-refractivity contribution is 7.09. The first-order valence-electron chi connectivity index (χ1n) is 5.95. The van der Waals surface area contributed by atoms with Gasteiger partial charge in [0, 0.05) is 17.6 Å². The summed E-state index contributed by atoms with van der Waals surface area (Å²) < 4.78 is 0. The standard InChI is InChI=1S/C12H20N2S/c1-3-10-4-5-11(8-10)14-9(2)12-13-6-7-15-12/h6-7,9-11,14H,3-5,8H2,1-2H3. The SMILES string of the molecule is CCC1CCC(NC(C)c2nccs2)C1. The fourth-order valence-electron chi connectivity index (χ4n) is 2.47. The van der Waals surface area contributed by atoms with E-state index in [0.717, 1.165) is 5.92 Å². The molecule has 2 nitrogen and oxygen atoms in total. The van der Waals surface area contributed by atoms with Gasteiger partial charge in [-0.1, -0.05) is 13.3 Å². The van der Waals surface area contributed by atoms with Crippen LogP contribution in [0.2, 0.25) is 0 Å². The molecule has 0 radical (unpaired) electrons. The molecule has 0 aliphatic heterocycles. The van der Waals surface area contributed by atoms with Crippen LogP contribution in [-0.2, 0) is 0 Å². The monoisotopic (exact) mass is 224 g/mol. The molecule has 3 heteroatoms. The number of nitrogens with zero attached hydrogens (tertiary/aromatic N) is 1. The largest absolute Gasteiger partial charge is 0.305 e. The Kier molecular flexibility index (Phi) is 3.76. The van der Waals surface area contributed by atoms with E-state index in [1.807, 2.05) is 6.20 Å². The third kappa shape index (κ3) is 2.79. The van der Waals surface area contributed by atoms with Gasteiger partial charge in [-0.3, -0.25) is 0 Å². The van der Waals surface area contributed by atoms with E-state index in [-0.39, 0.29) is 0 Å². The first kappa shape index (κ1) is 11.1. The van der Waals surface area contributed by atoms with Gasteiger partial charge in [0.05, 0.1) is 6.04 Å². The lowest BCUT2D eigenvalue weighted by atomic mass is 10.1. The topological polar surface area (TPSA) is 24.9 Å². The molecule has 1 aliphatic rings. The molecule has 0 amide bonds. The van der Waals surface area contributed by atoms with E-state index in [0.29, 0.717) is 12.1 Å². The molecule has 0 aromatic carbocycles. The van der Waals surface area contributed by atoms with Gasteiger partial charge in [0.25, 0.3) is 0 Å². The number of nitrogens with one attached hydrogen (secondary N) is 1. The number of aromatic nitrogens is 1. The highest BCUT2D eigenvalue weighted by atomic mass is 32.1. The minimum Gasteiger partial charge on any atom is -0.305 e. The average molecular weight is 224 g/mol. The van der Waals surface area contributed by atoms with Gasteiger partial charge in [0.1, 0.15) is 5.01 Å². The van der Waals surface area contributed by atoms with E-state index in [1.165, 1.54) is 30.7 Å². The molecule has 1 N–H and O–H groups in total. The van der Waals surface area contributed by atoms with Gasteiger partial charge in [0.2, 0.25) is 0 Å². The second-order valence-electron chi connectivity index (χ2n) is 4.54. The van der Waals surface area contributed by atoms with E-state index in [1.54, 1.807) is 11.3 Å². The van der Waals surface area contributed by atoms with Crippen LogP contribution in [0.4, 0.5) is 0 Å². The number of thiazole rings is 1. The van der Waals surface area contributed by atoms with Gasteiger partial charge < -0.3 is 5.32 Å². The Bertz CT molecular complexity index is 284. The van der Waals surface area contributed by atoms with Crippen LogP contribution in [0.5, 0.6) is 0 Å². The number of hydrogen-bond donors (Lipinski definition) is 1. The maximum atomic E-state index is 4.35. The maximum absolute atomic E-state index is 4.35. The predicted octanol–water partition coefficient (Wildman–Crippen LogP) is 3.37. The Morgan fingerprint density at radius 2 is 2.47 bits per heavy atom. The van der Waals surface area contributed by atoms with Crippen molar-refractivity contribution in [3.63, 3.8) is 0 Å². The molecule has 3 atom stereocenters. The van der Waals surface area contributed by atoms with Crippen LogP contribution >= 0.6 is 11.3 Å². The van der Waals surface area contributed by atoms with Crippen molar-refractivity contribution >= 4 is 11.3 Å². The molecule has 1 saturated carbocycles. The second-order valence-corrected chi connectivity index (χ2v) is 5.47. The van der Waals surface area contributed by atoms with Gasteiger partial charge >= 0.3 is 0 Å². The van der Waals surface area contributed by atoms with E-state index >= 15 is 0 Å². The molecule has 84 valence electrons. The van der Waals surface area contributed by atoms with Crippen LogP contribution in [0.15, 0.2) is 11.6 Å². The zero-order valence-corrected chi connectivity index (χ0v) is 10.4. The summed E-state index contributed by atoms with van der Waals surface area (Å²) in [5.74, 6) is 0.950. The number of rotatable bonds is 4. The molecular weight excluding hydrogens is 204 g/mol. The molecule has 1 aliphatic carbocycles. The Labute approximate surface area is 96.1 Å². The van der Waals surface area contributed by atoms with Crippen LogP contribution in [0.1, 0.15) is 50.6 Å². The highest BCUT2D eigenvalue weighted by Crippen LogP contribution is 2.29. The molecule has 15 heavy (non-hydrogen) atoms. The molecule has 1 aromatic rings. The molecule has 1 fully saturated rings. The Hall–Kier alpha value is -0.410. The minimum absolute atomic E-state index is 0.422. The summed E-state index contributed by atoms with van der Waals surface area (Å²) in [4.78, 5) is 4.35. The van der Waals surface area contributed by atoms with Crippen LogP contribution in [0.25, 0.3) is 0 Å². The zero-order chi connectivity index (χ0) is 10.7. The zero-order valence-electron chi connectivity index (χ0n) is 9.57. The molecular formula is C12H20N2S. The summed E-state index contributed by atoms with van der Waals surface area (Å²) in [5, 5.41) is 6.96. The van der Waals surface area contributed by atoms with Crippen molar-refractivity contribution in [1.29, 1.82) is 0 Å². The smallest absolute Gasteiger partial charge is 0.109 e. The first-order valence-corrected chi connectivity index (χ1v) is 6.83. The molecule has 0 spiro atoms. The third-order valence-corrected chi connectivity index (χ3v) is 4.38. The van der Waals surface area contributed by atoms with Crippen molar-refractivity contribution in [2.45, 2.75) is 51.6 Å². The fraction of sp³-hybridized carbons (Fsp3) is 0.750. The van der Waals surface area contributed by atoms with Crippen molar-refractivity contribution in [3.05, 3.63) is 16.6 Å². The lowest BCUT2D eigenvalue weighted by Crippen LogP contribution is -2.29. The summed E-state index contributed by atoms with van der Waals surface area (Å²) in [6, 6.07) is 1.14. The third-order valence-electron chi connectivity index (χ3n) is 3.43. The second kappa shape index (κ2) is 5.08. The Morgan fingerprint density at radius 1 is 1.60 bits per heavy atom. The lowest BCUT2D eigenvalue weighted by Gasteiger charge is -2.17. The summed E-state index contributed by atoms with van der Waals surface area (Å²) in [6.07, 6.45) is 7.32. The van der Waals surface area contributed by atoms with Gasteiger partial charge in [-0.25, -0.2) is 4.98 Å². The summed E-state index contributed by atoms with van der Waals surface area (Å²) in [5.41, 5.74) is 0. The normalized spacial score (nSPS) is 28.1. The van der Waals surface area contributed by atoms with Crippen LogP contribution in [0.3, 0.4) is 0 Å². The quantitative estimate of drug-likeness (QED) is 0.848. The Balaban J connectivity index is 1.83. The van der Waals surface area contributed by atoms with Crippen molar-refractivity contribution in [1.82, 2.24) is 10.3 Å². The first-order chi connectivity index (χ1) is 7.29. The molecule has 3 unspecified atom stereocenters. The summed E-state index contributed by atoms with van der Waals surface area (Å²) >= 11 is 1.75. The van der Waals surface area contributed by atoms with Gasteiger partial charge in [-0.05, 0) is 32.1 Å². The van der Waals surface area contributed by atoms with Crippen molar-refractivity contribution in [3.8, 4) is 0 Å². The van der Waals surface area contributed by atoms with Crippen molar-refractivity contribution in [2.24, 2.45) is 5.92 Å². The Morgan fingerprint density at radius 3 is 3.07 bits per heavy atom. The summed E-state index contributed by atoms with van der Waals surface area (Å²) in [7, 11) is 0. The number of hydrogen-bond acceptors (Lipinski definition) is 3. The van der Waals surface area contributed by atoms with E-state index < -0.39 is 0 Å². The van der Waals surface area contributed by atoms with Crippen molar-refractivity contribution in [2.75, 3.05) is 0 Å². The highest BCUT2D eigenvalue weighted by Gasteiger charge is 2.24. The lowest BCUT2D eigenvalue weighted by molar-refractivity contribution is 0.437. The van der Waals surface area contributed by atoms with Crippen LogP contribution < -0.4 is 5.32 Å². The van der Waals surface area contributed by atoms with E-state index in [2.05, 4.69) is 29.5 Å². The van der Waals surface area contributed by atoms with Gasteiger partial charge in [-0.15, -0.1) is 11.3 Å².